The van der Waals surface area contributed by atoms with Crippen LogP contribution in [0.3, 0.4) is 0 Å². The van der Waals surface area contributed by atoms with Crippen LogP contribution in [-0.2, 0) is 0 Å². The first kappa shape index (κ1) is 15.5. The number of carbonyl (C=O) groups is 1. The lowest BCUT2D eigenvalue weighted by molar-refractivity contribution is 0.0928. The van der Waals surface area contributed by atoms with Gasteiger partial charge in [0.1, 0.15) is 9.88 Å². The van der Waals surface area contributed by atoms with Crippen LogP contribution in [0.25, 0.3) is 10.6 Å². The third kappa shape index (κ3) is 3.48. The fourth-order valence-electron chi connectivity index (χ4n) is 2.44. The van der Waals surface area contributed by atoms with Gasteiger partial charge in [0.15, 0.2) is 0 Å². The van der Waals surface area contributed by atoms with E-state index in [9.17, 15) is 4.79 Å². The highest BCUT2D eigenvalue weighted by molar-refractivity contribution is 7.17. The number of hydrogen-bond acceptors (Lipinski definition) is 4. The van der Waals surface area contributed by atoms with Crippen LogP contribution >= 0.6 is 22.9 Å². The molecule has 0 radical (unpaired) electrons. The third-order valence-corrected chi connectivity index (χ3v) is 5.14. The Balaban J connectivity index is 1.73. The molecule has 0 aliphatic heterocycles. The van der Waals surface area contributed by atoms with Crippen LogP contribution in [0, 0.1) is 5.92 Å². The molecule has 1 fully saturated rings. The minimum atomic E-state index is -0.124. The molecule has 2 N–H and O–H groups in total. The largest absolute Gasteiger partial charge is 0.396 e. The van der Waals surface area contributed by atoms with Crippen molar-refractivity contribution in [3.63, 3.8) is 0 Å². The lowest BCUT2D eigenvalue weighted by Gasteiger charge is -2.16. The molecular formula is C16H17ClN2O2S. The van der Waals surface area contributed by atoms with Gasteiger partial charge in [0, 0.05) is 18.2 Å². The minimum Gasteiger partial charge on any atom is -0.396 e. The van der Waals surface area contributed by atoms with Crippen LogP contribution in [0.2, 0.25) is 5.02 Å². The van der Waals surface area contributed by atoms with Crippen molar-refractivity contribution in [3.8, 4) is 10.6 Å². The Morgan fingerprint density at radius 1 is 1.45 bits per heavy atom. The van der Waals surface area contributed by atoms with Gasteiger partial charge in [0.25, 0.3) is 5.91 Å². The highest BCUT2D eigenvalue weighted by Gasteiger charge is 2.32. The minimum absolute atomic E-state index is 0.0587. The highest BCUT2D eigenvalue weighted by Crippen LogP contribution is 2.35. The molecule has 0 spiro atoms. The monoisotopic (exact) mass is 336 g/mol. The molecule has 1 atom stereocenters. The van der Waals surface area contributed by atoms with Gasteiger partial charge in [-0.1, -0.05) is 29.8 Å². The van der Waals surface area contributed by atoms with E-state index in [-0.39, 0.29) is 18.6 Å². The first-order valence-corrected chi connectivity index (χ1v) is 8.51. The SMILES string of the molecule is O=C(NC(CCO)C1CC1)c1cnc(-c2ccccc2Cl)s1. The summed E-state index contributed by atoms with van der Waals surface area (Å²) >= 11 is 7.49. The Hall–Kier alpha value is -1.43. The van der Waals surface area contributed by atoms with Crippen LogP contribution in [0.1, 0.15) is 28.9 Å². The van der Waals surface area contributed by atoms with E-state index in [1.807, 2.05) is 24.3 Å². The zero-order valence-corrected chi connectivity index (χ0v) is 13.5. The summed E-state index contributed by atoms with van der Waals surface area (Å²) in [4.78, 5) is 17.2. The molecule has 0 saturated heterocycles. The molecule has 22 heavy (non-hydrogen) atoms. The molecule has 1 amide bonds. The second-order valence-corrected chi connectivity index (χ2v) is 6.88. The summed E-state index contributed by atoms with van der Waals surface area (Å²) in [6, 6.07) is 7.52. The number of amides is 1. The average molecular weight is 337 g/mol. The van der Waals surface area contributed by atoms with Gasteiger partial charge in [0.2, 0.25) is 0 Å². The van der Waals surface area contributed by atoms with Crippen LogP contribution in [0.5, 0.6) is 0 Å². The number of nitrogens with zero attached hydrogens (tertiary/aromatic N) is 1. The van der Waals surface area contributed by atoms with Crippen LogP contribution in [0.15, 0.2) is 30.5 Å². The fourth-order valence-corrected chi connectivity index (χ4v) is 3.58. The Kier molecular flexibility index (Phi) is 4.76. The van der Waals surface area contributed by atoms with Crippen molar-refractivity contribution < 1.29 is 9.90 Å². The smallest absolute Gasteiger partial charge is 0.263 e. The van der Waals surface area contributed by atoms with Crippen molar-refractivity contribution in [1.82, 2.24) is 10.3 Å². The normalized spacial score (nSPS) is 15.5. The predicted molar refractivity (Wildman–Crippen MR) is 88.2 cm³/mol. The second kappa shape index (κ2) is 6.77. The molecule has 4 nitrogen and oxygen atoms in total. The maximum atomic E-state index is 12.3. The van der Waals surface area contributed by atoms with E-state index in [4.69, 9.17) is 16.7 Å². The van der Waals surface area contributed by atoms with Gasteiger partial charge in [-0.2, -0.15) is 0 Å². The highest BCUT2D eigenvalue weighted by atomic mass is 35.5. The van der Waals surface area contributed by atoms with Crippen molar-refractivity contribution in [2.75, 3.05) is 6.61 Å². The molecule has 1 heterocycles. The van der Waals surface area contributed by atoms with Crippen molar-refractivity contribution in [2.45, 2.75) is 25.3 Å². The van der Waals surface area contributed by atoms with E-state index in [0.717, 1.165) is 23.4 Å². The molecule has 1 saturated carbocycles. The summed E-state index contributed by atoms with van der Waals surface area (Å²) in [5, 5.41) is 13.5. The average Bonchev–Trinajstić information content (AvgIpc) is 3.24. The molecule has 0 bridgehead atoms. The van der Waals surface area contributed by atoms with E-state index in [2.05, 4.69) is 10.3 Å². The van der Waals surface area contributed by atoms with Gasteiger partial charge in [-0.15, -0.1) is 11.3 Å². The summed E-state index contributed by atoms with van der Waals surface area (Å²) in [5.41, 5.74) is 0.835. The van der Waals surface area contributed by atoms with Crippen LogP contribution in [0.4, 0.5) is 0 Å². The number of hydrogen-bond donors (Lipinski definition) is 2. The molecular weight excluding hydrogens is 320 g/mol. The Bertz CT molecular complexity index is 670. The molecule has 1 aliphatic rings. The van der Waals surface area contributed by atoms with Crippen LogP contribution in [-0.4, -0.2) is 28.6 Å². The number of aromatic nitrogens is 1. The van der Waals surface area contributed by atoms with E-state index in [1.54, 1.807) is 6.20 Å². The Morgan fingerprint density at radius 2 is 2.23 bits per heavy atom. The summed E-state index contributed by atoms with van der Waals surface area (Å²) < 4.78 is 0. The number of benzene rings is 1. The molecule has 1 aromatic carbocycles. The summed E-state index contributed by atoms with van der Waals surface area (Å²) in [6.45, 7) is 0.0923. The van der Waals surface area contributed by atoms with Crippen molar-refractivity contribution in [3.05, 3.63) is 40.4 Å². The lowest BCUT2D eigenvalue weighted by Crippen LogP contribution is -2.36. The Labute approximate surface area is 138 Å². The summed E-state index contributed by atoms with van der Waals surface area (Å²) in [5.74, 6) is 0.383. The predicted octanol–water partition coefficient (Wildman–Crippen LogP) is 3.35. The lowest BCUT2D eigenvalue weighted by atomic mass is 10.1. The van der Waals surface area contributed by atoms with E-state index in [0.29, 0.717) is 22.2 Å². The molecule has 1 aromatic heterocycles. The van der Waals surface area contributed by atoms with Crippen molar-refractivity contribution in [2.24, 2.45) is 5.92 Å². The van der Waals surface area contributed by atoms with Gasteiger partial charge in [-0.05, 0) is 31.2 Å². The number of thiazole rings is 1. The molecule has 6 heteroatoms. The molecule has 2 aromatic rings. The van der Waals surface area contributed by atoms with Gasteiger partial charge in [-0.25, -0.2) is 4.98 Å². The zero-order valence-electron chi connectivity index (χ0n) is 12.0. The van der Waals surface area contributed by atoms with Gasteiger partial charge < -0.3 is 10.4 Å². The number of nitrogens with one attached hydrogen (secondary N) is 1. The summed E-state index contributed by atoms with van der Waals surface area (Å²) in [7, 11) is 0. The molecule has 1 aliphatic carbocycles. The van der Waals surface area contributed by atoms with E-state index < -0.39 is 0 Å². The van der Waals surface area contributed by atoms with Crippen LogP contribution < -0.4 is 5.32 Å². The van der Waals surface area contributed by atoms with Gasteiger partial charge >= 0.3 is 0 Å². The molecule has 116 valence electrons. The zero-order chi connectivity index (χ0) is 15.5. The third-order valence-electron chi connectivity index (χ3n) is 3.78. The number of aliphatic hydroxyl groups is 1. The molecule has 3 rings (SSSR count). The number of rotatable bonds is 6. The van der Waals surface area contributed by atoms with Crippen molar-refractivity contribution in [1.29, 1.82) is 0 Å². The quantitative estimate of drug-likeness (QED) is 0.850. The van der Waals surface area contributed by atoms with E-state index in [1.165, 1.54) is 11.3 Å². The topological polar surface area (TPSA) is 62.2 Å². The van der Waals surface area contributed by atoms with Gasteiger partial charge in [-0.3, -0.25) is 4.79 Å². The summed E-state index contributed by atoms with van der Waals surface area (Å²) in [6.07, 6.45) is 4.44. The maximum absolute atomic E-state index is 12.3. The fraction of sp³-hybridized carbons (Fsp3) is 0.375. The number of carbonyl (C=O) groups excluding carboxylic acids is 1. The van der Waals surface area contributed by atoms with Gasteiger partial charge in [0.05, 0.1) is 11.2 Å². The second-order valence-electron chi connectivity index (χ2n) is 5.44. The molecule has 1 unspecified atom stereocenters. The number of halogens is 1. The standard InChI is InChI=1S/C16H17ClN2O2S/c17-12-4-2-1-3-11(12)16-18-9-14(22-16)15(21)19-13(7-8-20)10-5-6-10/h1-4,9-10,13,20H,5-8H2,(H,19,21). The van der Waals surface area contributed by atoms with E-state index >= 15 is 0 Å². The maximum Gasteiger partial charge on any atom is 0.263 e. The Morgan fingerprint density at radius 3 is 2.91 bits per heavy atom. The van der Waals surface area contributed by atoms with Crippen molar-refractivity contribution >= 4 is 28.8 Å². The first-order chi connectivity index (χ1) is 10.7. The number of aliphatic hydroxyl groups excluding tert-OH is 1. The first-order valence-electron chi connectivity index (χ1n) is 7.31.